The molecule has 1 N–H and O–H groups in total. The van der Waals surface area contributed by atoms with Crippen molar-refractivity contribution >= 4 is 18.0 Å². The van der Waals surface area contributed by atoms with E-state index < -0.39 is 17.7 Å². The summed E-state index contributed by atoms with van der Waals surface area (Å²) >= 11 is 0. The number of hydrogen-bond acceptors (Lipinski definition) is 5. The molecule has 0 aromatic heterocycles. The first-order valence-electron chi connectivity index (χ1n) is 8.59. The van der Waals surface area contributed by atoms with Crippen LogP contribution in [0.2, 0.25) is 0 Å². The van der Waals surface area contributed by atoms with Crippen molar-refractivity contribution < 1.29 is 23.9 Å². The summed E-state index contributed by atoms with van der Waals surface area (Å²) in [6.07, 6.45) is 3.87. The molecule has 0 aromatic carbocycles. The lowest BCUT2D eigenvalue weighted by Gasteiger charge is -2.22. The smallest absolute Gasteiger partial charge is 0.407 e. The maximum absolute atomic E-state index is 12.2. The highest BCUT2D eigenvalue weighted by Crippen LogP contribution is 2.20. The molecular formula is C17H30N2O5. The number of rotatable bonds is 7. The molecule has 1 saturated heterocycles. The highest BCUT2D eigenvalue weighted by atomic mass is 16.6. The highest BCUT2D eigenvalue weighted by Gasteiger charge is 2.34. The van der Waals surface area contributed by atoms with Crippen molar-refractivity contribution in [3.63, 3.8) is 0 Å². The fraction of sp³-hybridized carbons (Fsp3) is 0.824. The lowest BCUT2D eigenvalue weighted by Crippen LogP contribution is -2.41. The lowest BCUT2D eigenvalue weighted by atomic mass is 10.1. The molecule has 0 bridgehead atoms. The molecule has 2 amide bonds. The van der Waals surface area contributed by atoms with Gasteiger partial charge < -0.3 is 19.7 Å². The van der Waals surface area contributed by atoms with Gasteiger partial charge in [-0.05, 0) is 46.5 Å². The van der Waals surface area contributed by atoms with E-state index in [0.717, 1.165) is 25.7 Å². The second kappa shape index (κ2) is 9.49. The maximum Gasteiger partial charge on any atom is 0.407 e. The number of esters is 1. The largest absolute Gasteiger partial charge is 0.467 e. The molecule has 1 aliphatic heterocycles. The van der Waals surface area contributed by atoms with E-state index in [1.807, 2.05) is 20.8 Å². The van der Waals surface area contributed by atoms with Crippen LogP contribution >= 0.6 is 0 Å². The zero-order chi connectivity index (χ0) is 18.2. The van der Waals surface area contributed by atoms with Gasteiger partial charge in [0, 0.05) is 19.5 Å². The van der Waals surface area contributed by atoms with Crippen LogP contribution in [0.3, 0.4) is 0 Å². The van der Waals surface area contributed by atoms with E-state index in [-0.39, 0.29) is 11.9 Å². The van der Waals surface area contributed by atoms with Gasteiger partial charge in [0.2, 0.25) is 5.91 Å². The third-order valence-electron chi connectivity index (χ3n) is 3.78. The first kappa shape index (κ1) is 20.3. The van der Waals surface area contributed by atoms with Crippen molar-refractivity contribution in [2.45, 2.75) is 70.9 Å². The average Bonchev–Trinajstić information content (AvgIpc) is 2.97. The number of nitrogens with zero attached hydrogens (tertiary/aromatic N) is 1. The fourth-order valence-corrected chi connectivity index (χ4v) is 2.67. The summed E-state index contributed by atoms with van der Waals surface area (Å²) in [5, 5.41) is 2.69. The summed E-state index contributed by atoms with van der Waals surface area (Å²) in [6, 6.07) is -0.420. The molecule has 0 radical (unpaired) electrons. The fourth-order valence-electron chi connectivity index (χ4n) is 2.67. The third kappa shape index (κ3) is 7.19. The van der Waals surface area contributed by atoms with Crippen molar-refractivity contribution in [1.82, 2.24) is 10.2 Å². The molecular weight excluding hydrogens is 312 g/mol. The summed E-state index contributed by atoms with van der Waals surface area (Å²) in [4.78, 5) is 36.9. The third-order valence-corrected chi connectivity index (χ3v) is 3.78. The molecule has 0 spiro atoms. The zero-order valence-electron chi connectivity index (χ0n) is 15.2. The topological polar surface area (TPSA) is 84.9 Å². The summed E-state index contributed by atoms with van der Waals surface area (Å²) in [6.45, 7) is 6.60. The minimum Gasteiger partial charge on any atom is -0.467 e. The number of methoxy groups -OCH3 is 1. The number of carbonyl (C=O) groups excluding carboxylic acids is 3. The van der Waals surface area contributed by atoms with E-state index in [9.17, 15) is 14.4 Å². The monoisotopic (exact) mass is 342 g/mol. The Kier molecular flexibility index (Phi) is 8.01. The summed E-state index contributed by atoms with van der Waals surface area (Å²) in [5.41, 5.74) is -0.498. The first-order chi connectivity index (χ1) is 11.2. The molecule has 1 aliphatic rings. The molecule has 0 aliphatic carbocycles. The van der Waals surface area contributed by atoms with E-state index in [4.69, 9.17) is 9.47 Å². The number of alkyl carbamates (subject to hydrolysis) is 1. The standard InChI is InChI=1S/C17H30N2O5/c1-17(2,3)24-16(22)18-11-7-5-6-10-14(20)19-12-8-9-13(19)15(21)23-4/h13H,5-12H2,1-4H3,(H,18,22)/t13-/m0/s1. The van der Waals surface area contributed by atoms with Crippen molar-refractivity contribution in [1.29, 1.82) is 0 Å². The molecule has 24 heavy (non-hydrogen) atoms. The van der Waals surface area contributed by atoms with Gasteiger partial charge in [0.15, 0.2) is 0 Å². The van der Waals surface area contributed by atoms with Gasteiger partial charge in [-0.25, -0.2) is 9.59 Å². The van der Waals surface area contributed by atoms with Crippen LogP contribution in [-0.4, -0.2) is 54.7 Å². The van der Waals surface area contributed by atoms with Gasteiger partial charge in [-0.2, -0.15) is 0 Å². The minimum absolute atomic E-state index is 0.00278. The Balaban J connectivity index is 2.16. The predicted molar refractivity (Wildman–Crippen MR) is 89.5 cm³/mol. The molecule has 1 rings (SSSR count). The number of likely N-dealkylation sites (tertiary alicyclic amines) is 1. The molecule has 138 valence electrons. The zero-order valence-corrected chi connectivity index (χ0v) is 15.2. The predicted octanol–water partition coefficient (Wildman–Crippen LogP) is 2.24. The number of hydrogen-bond donors (Lipinski definition) is 1. The van der Waals surface area contributed by atoms with Crippen LogP contribution in [0.25, 0.3) is 0 Å². The molecule has 0 unspecified atom stereocenters. The van der Waals surface area contributed by atoms with Crippen LogP contribution < -0.4 is 5.32 Å². The van der Waals surface area contributed by atoms with Gasteiger partial charge >= 0.3 is 12.1 Å². The maximum atomic E-state index is 12.2. The van der Waals surface area contributed by atoms with E-state index in [0.29, 0.717) is 25.9 Å². The Hall–Kier alpha value is -1.79. The quantitative estimate of drug-likeness (QED) is 0.566. The summed E-state index contributed by atoms with van der Waals surface area (Å²) < 4.78 is 9.88. The number of amides is 2. The van der Waals surface area contributed by atoms with Gasteiger partial charge in [0.25, 0.3) is 0 Å². The van der Waals surface area contributed by atoms with Gasteiger partial charge in [-0.15, -0.1) is 0 Å². The second-order valence-corrected chi connectivity index (χ2v) is 7.01. The number of nitrogens with one attached hydrogen (secondary N) is 1. The Morgan fingerprint density at radius 1 is 1.17 bits per heavy atom. The van der Waals surface area contributed by atoms with Gasteiger partial charge in [0.05, 0.1) is 7.11 Å². The van der Waals surface area contributed by atoms with Crippen LogP contribution in [0, 0.1) is 0 Å². The molecule has 1 fully saturated rings. The van der Waals surface area contributed by atoms with Gasteiger partial charge in [-0.3, -0.25) is 4.79 Å². The van der Waals surface area contributed by atoms with Crippen LogP contribution in [0.5, 0.6) is 0 Å². The Labute approximate surface area is 144 Å². The number of ether oxygens (including phenoxy) is 2. The van der Waals surface area contributed by atoms with Crippen LogP contribution in [0.1, 0.15) is 59.3 Å². The Morgan fingerprint density at radius 3 is 2.50 bits per heavy atom. The van der Waals surface area contributed by atoms with Crippen molar-refractivity contribution in [3.8, 4) is 0 Å². The normalized spacial score (nSPS) is 17.5. The Bertz CT molecular complexity index is 445. The van der Waals surface area contributed by atoms with E-state index in [2.05, 4.69) is 5.32 Å². The van der Waals surface area contributed by atoms with E-state index >= 15 is 0 Å². The van der Waals surface area contributed by atoms with Crippen LogP contribution in [-0.2, 0) is 19.1 Å². The van der Waals surface area contributed by atoms with Gasteiger partial charge in [-0.1, -0.05) is 6.42 Å². The molecule has 7 heteroatoms. The molecule has 1 atom stereocenters. The van der Waals surface area contributed by atoms with Crippen molar-refractivity contribution in [2.75, 3.05) is 20.2 Å². The highest BCUT2D eigenvalue weighted by molar-refractivity contribution is 5.85. The first-order valence-corrected chi connectivity index (χ1v) is 8.59. The molecule has 0 saturated carbocycles. The number of carbonyl (C=O) groups is 3. The van der Waals surface area contributed by atoms with E-state index in [1.165, 1.54) is 7.11 Å². The van der Waals surface area contributed by atoms with Gasteiger partial charge in [0.1, 0.15) is 11.6 Å². The molecule has 0 aromatic rings. The summed E-state index contributed by atoms with van der Waals surface area (Å²) in [5.74, 6) is -0.328. The van der Waals surface area contributed by atoms with Crippen molar-refractivity contribution in [2.24, 2.45) is 0 Å². The molecule has 7 nitrogen and oxygen atoms in total. The average molecular weight is 342 g/mol. The van der Waals surface area contributed by atoms with Crippen molar-refractivity contribution in [3.05, 3.63) is 0 Å². The second-order valence-electron chi connectivity index (χ2n) is 7.01. The minimum atomic E-state index is -0.498. The summed E-state index contributed by atoms with van der Waals surface area (Å²) in [7, 11) is 1.35. The SMILES string of the molecule is COC(=O)[C@@H]1CCCN1C(=O)CCCCCNC(=O)OC(C)(C)C. The number of unbranched alkanes of at least 4 members (excludes halogenated alkanes) is 2. The molecule has 1 heterocycles. The van der Waals surface area contributed by atoms with Crippen LogP contribution in [0.15, 0.2) is 0 Å². The van der Waals surface area contributed by atoms with Crippen LogP contribution in [0.4, 0.5) is 4.79 Å². The Morgan fingerprint density at radius 2 is 1.88 bits per heavy atom. The van der Waals surface area contributed by atoms with E-state index in [1.54, 1.807) is 4.90 Å². The lowest BCUT2D eigenvalue weighted by molar-refractivity contribution is -0.151.